The van der Waals surface area contributed by atoms with E-state index < -0.39 is 0 Å². The highest BCUT2D eigenvalue weighted by molar-refractivity contribution is 5.30. The van der Waals surface area contributed by atoms with Gasteiger partial charge in [0, 0.05) is 5.54 Å². The monoisotopic (exact) mass is 190 g/mol. The third-order valence-corrected chi connectivity index (χ3v) is 3.07. The first-order chi connectivity index (χ1) is 6.65. The Labute approximate surface area is 85.5 Å². The second-order valence-corrected chi connectivity index (χ2v) is 4.37. The molecular weight excluding hydrogens is 172 g/mol. The van der Waals surface area contributed by atoms with Crippen molar-refractivity contribution in [3.05, 3.63) is 35.4 Å². The number of likely N-dealkylation sites (N-methyl/N-ethyl adjacent to an activating group) is 1. The molecule has 1 aliphatic rings. The van der Waals surface area contributed by atoms with E-state index in [1.54, 1.807) is 0 Å². The van der Waals surface area contributed by atoms with Gasteiger partial charge in [-0.15, -0.1) is 0 Å². The van der Waals surface area contributed by atoms with Gasteiger partial charge in [-0.2, -0.15) is 0 Å². The number of aryl methyl sites for hydroxylation is 1. The maximum absolute atomic E-state index is 6.22. The van der Waals surface area contributed by atoms with Crippen molar-refractivity contribution >= 4 is 0 Å². The normalized spacial score (nSPS) is 20.5. The summed E-state index contributed by atoms with van der Waals surface area (Å²) in [4.78, 5) is 0. The molecule has 1 aromatic rings. The number of rotatable bonds is 3. The zero-order valence-electron chi connectivity index (χ0n) is 8.88. The Bertz CT molecular complexity index is 329. The molecular formula is C12H18N2. The van der Waals surface area contributed by atoms with Crippen molar-refractivity contribution in [3.63, 3.8) is 0 Å². The minimum absolute atomic E-state index is 0.00252. The van der Waals surface area contributed by atoms with Gasteiger partial charge in [-0.25, -0.2) is 0 Å². The number of nitrogens with one attached hydrogen (secondary N) is 1. The third-order valence-electron chi connectivity index (χ3n) is 3.07. The Morgan fingerprint density at radius 3 is 2.64 bits per heavy atom. The summed E-state index contributed by atoms with van der Waals surface area (Å²) in [6, 6.07) is 8.89. The summed E-state index contributed by atoms with van der Waals surface area (Å²) in [5.41, 5.74) is 8.83. The van der Waals surface area contributed by atoms with Gasteiger partial charge in [0.2, 0.25) is 0 Å². The van der Waals surface area contributed by atoms with E-state index in [0.717, 1.165) is 12.8 Å². The lowest BCUT2D eigenvalue weighted by Gasteiger charge is -2.23. The van der Waals surface area contributed by atoms with Gasteiger partial charge in [-0.1, -0.05) is 29.8 Å². The maximum atomic E-state index is 6.22. The molecule has 76 valence electrons. The predicted molar refractivity (Wildman–Crippen MR) is 59.1 cm³/mol. The van der Waals surface area contributed by atoms with E-state index in [2.05, 4.69) is 36.5 Å². The van der Waals surface area contributed by atoms with E-state index >= 15 is 0 Å². The fraction of sp³-hybridized carbons (Fsp3) is 0.500. The Balaban J connectivity index is 2.27. The molecule has 3 N–H and O–H groups in total. The average molecular weight is 190 g/mol. The van der Waals surface area contributed by atoms with Crippen LogP contribution in [0.4, 0.5) is 0 Å². The first kappa shape index (κ1) is 9.69. The summed E-state index contributed by atoms with van der Waals surface area (Å²) in [6.45, 7) is 2.12. The van der Waals surface area contributed by atoms with Crippen LogP contribution in [-0.4, -0.2) is 12.6 Å². The highest BCUT2D eigenvalue weighted by Gasteiger charge is 2.45. The molecule has 1 aromatic carbocycles. The zero-order chi connectivity index (χ0) is 10.2. The van der Waals surface area contributed by atoms with Gasteiger partial charge in [-0.3, -0.25) is 0 Å². The van der Waals surface area contributed by atoms with Crippen LogP contribution in [0.2, 0.25) is 0 Å². The van der Waals surface area contributed by atoms with E-state index in [1.165, 1.54) is 11.1 Å². The predicted octanol–water partition coefficient (Wildman–Crippen LogP) is 1.75. The Hall–Kier alpha value is -0.860. The van der Waals surface area contributed by atoms with Crippen LogP contribution in [0.15, 0.2) is 24.3 Å². The molecule has 1 aliphatic carbocycles. The number of hydrogen-bond acceptors (Lipinski definition) is 2. The minimum atomic E-state index is 0.00252. The fourth-order valence-electron chi connectivity index (χ4n) is 2.07. The zero-order valence-corrected chi connectivity index (χ0v) is 8.88. The summed E-state index contributed by atoms with van der Waals surface area (Å²) in [7, 11) is 1.99. The van der Waals surface area contributed by atoms with Crippen molar-refractivity contribution in [2.24, 2.45) is 5.73 Å². The lowest BCUT2D eigenvalue weighted by atomic mass is 9.97. The van der Waals surface area contributed by atoms with E-state index in [-0.39, 0.29) is 5.54 Å². The lowest BCUT2D eigenvalue weighted by Crippen LogP contribution is -2.38. The van der Waals surface area contributed by atoms with E-state index in [9.17, 15) is 0 Å². The summed E-state index contributed by atoms with van der Waals surface area (Å²) in [6.07, 6.45) is 2.26. The van der Waals surface area contributed by atoms with Gasteiger partial charge in [0.15, 0.2) is 0 Å². The molecule has 1 saturated carbocycles. The van der Waals surface area contributed by atoms with Gasteiger partial charge < -0.3 is 11.1 Å². The van der Waals surface area contributed by atoms with Crippen LogP contribution in [-0.2, 0) is 0 Å². The standard InChI is InChI=1S/C12H18N2/c1-9-4-3-5-10(8-9)11(14-2)12(13)6-7-12/h3-5,8,11,14H,6-7,13H2,1-2H3. The Morgan fingerprint density at radius 1 is 1.43 bits per heavy atom. The summed E-state index contributed by atoms with van der Waals surface area (Å²) < 4.78 is 0. The number of hydrogen-bond donors (Lipinski definition) is 2. The quantitative estimate of drug-likeness (QED) is 0.762. The van der Waals surface area contributed by atoms with Crippen molar-refractivity contribution in [2.75, 3.05) is 7.05 Å². The molecule has 0 spiro atoms. The topological polar surface area (TPSA) is 38.0 Å². The molecule has 2 rings (SSSR count). The number of nitrogens with two attached hydrogens (primary N) is 1. The van der Waals surface area contributed by atoms with Crippen LogP contribution in [0.5, 0.6) is 0 Å². The van der Waals surface area contributed by atoms with Crippen molar-refractivity contribution in [1.82, 2.24) is 5.32 Å². The molecule has 0 amide bonds. The molecule has 0 bridgehead atoms. The van der Waals surface area contributed by atoms with Gasteiger partial charge in [-0.05, 0) is 32.4 Å². The summed E-state index contributed by atoms with van der Waals surface area (Å²) >= 11 is 0. The van der Waals surface area contributed by atoms with Crippen molar-refractivity contribution in [3.8, 4) is 0 Å². The summed E-state index contributed by atoms with van der Waals surface area (Å²) in [5.74, 6) is 0. The smallest absolute Gasteiger partial charge is 0.0500 e. The van der Waals surface area contributed by atoms with Crippen LogP contribution >= 0.6 is 0 Å². The van der Waals surface area contributed by atoms with E-state index in [1.807, 2.05) is 7.05 Å². The van der Waals surface area contributed by atoms with Gasteiger partial charge in [0.1, 0.15) is 0 Å². The molecule has 2 nitrogen and oxygen atoms in total. The van der Waals surface area contributed by atoms with Crippen LogP contribution in [0, 0.1) is 6.92 Å². The molecule has 0 heterocycles. The van der Waals surface area contributed by atoms with Crippen molar-refractivity contribution in [1.29, 1.82) is 0 Å². The van der Waals surface area contributed by atoms with Crippen LogP contribution < -0.4 is 11.1 Å². The van der Waals surface area contributed by atoms with Crippen molar-refractivity contribution < 1.29 is 0 Å². The van der Waals surface area contributed by atoms with Crippen molar-refractivity contribution in [2.45, 2.75) is 31.3 Å². The molecule has 0 saturated heterocycles. The molecule has 14 heavy (non-hydrogen) atoms. The molecule has 0 radical (unpaired) electrons. The highest BCUT2D eigenvalue weighted by Crippen LogP contribution is 2.43. The minimum Gasteiger partial charge on any atom is -0.323 e. The molecule has 2 heteroatoms. The molecule has 1 unspecified atom stereocenters. The average Bonchev–Trinajstić information content (AvgIpc) is 2.85. The van der Waals surface area contributed by atoms with Gasteiger partial charge in [0.05, 0.1) is 6.04 Å². The molecule has 1 fully saturated rings. The van der Waals surface area contributed by atoms with Crippen LogP contribution in [0.25, 0.3) is 0 Å². The maximum Gasteiger partial charge on any atom is 0.0500 e. The SMILES string of the molecule is CNC(c1cccc(C)c1)C1(N)CC1. The van der Waals surface area contributed by atoms with Crippen LogP contribution in [0.1, 0.15) is 30.0 Å². The second-order valence-electron chi connectivity index (χ2n) is 4.37. The highest BCUT2D eigenvalue weighted by atomic mass is 15.0. The fourth-order valence-corrected chi connectivity index (χ4v) is 2.07. The second kappa shape index (κ2) is 3.37. The Kier molecular flexibility index (Phi) is 2.33. The van der Waals surface area contributed by atoms with Crippen LogP contribution in [0.3, 0.4) is 0 Å². The Morgan fingerprint density at radius 2 is 2.14 bits per heavy atom. The first-order valence-electron chi connectivity index (χ1n) is 5.18. The van der Waals surface area contributed by atoms with Gasteiger partial charge >= 0.3 is 0 Å². The van der Waals surface area contributed by atoms with E-state index in [4.69, 9.17) is 5.73 Å². The third kappa shape index (κ3) is 1.68. The molecule has 0 aromatic heterocycles. The van der Waals surface area contributed by atoms with Gasteiger partial charge in [0.25, 0.3) is 0 Å². The molecule has 1 atom stereocenters. The largest absolute Gasteiger partial charge is 0.323 e. The number of benzene rings is 1. The lowest BCUT2D eigenvalue weighted by molar-refractivity contribution is 0.461. The molecule has 0 aliphatic heterocycles. The van der Waals surface area contributed by atoms with E-state index in [0.29, 0.717) is 6.04 Å². The summed E-state index contributed by atoms with van der Waals surface area (Å²) in [5, 5.41) is 3.32. The first-order valence-corrected chi connectivity index (χ1v) is 5.18.